The Labute approximate surface area is 89.8 Å². The van der Waals surface area contributed by atoms with Gasteiger partial charge in [0, 0.05) is 0 Å². The first-order chi connectivity index (χ1) is 7.10. The van der Waals surface area contributed by atoms with Gasteiger partial charge in [-0.15, -0.1) is 13.2 Å². The van der Waals surface area contributed by atoms with Gasteiger partial charge < -0.3 is 0 Å². The van der Waals surface area contributed by atoms with E-state index in [0.29, 0.717) is 0 Å². The minimum atomic E-state index is -3.73. The van der Waals surface area contributed by atoms with Crippen LogP contribution in [0.15, 0.2) is 37.5 Å². The highest BCUT2D eigenvalue weighted by atomic mass is 31.2. The normalized spacial score (nSPS) is 11.5. The second-order valence-corrected chi connectivity index (χ2v) is 4.46. The van der Waals surface area contributed by atoms with Crippen molar-refractivity contribution >= 4 is 13.1 Å². The molecule has 0 heterocycles. The van der Waals surface area contributed by atoms with E-state index in [9.17, 15) is 9.36 Å². The van der Waals surface area contributed by atoms with Crippen molar-refractivity contribution in [3.63, 3.8) is 0 Å². The lowest BCUT2D eigenvalue weighted by atomic mass is 10.6. The van der Waals surface area contributed by atoms with Crippen LogP contribution in [0.3, 0.4) is 0 Å². The fourth-order valence-corrected chi connectivity index (χ4v) is 1.96. The highest BCUT2D eigenvalue weighted by molar-refractivity contribution is 7.72. The smallest absolute Gasteiger partial charge is 0.299 e. The first kappa shape index (κ1) is 14.0. The standard InChI is InChI=1S/C10H15O4P/c1-4-7-10(11)15(12,13-8-5-2)14-9-6-3/h4-7H,2-3,8-9H2,1H3/b7-4+. The van der Waals surface area contributed by atoms with Crippen LogP contribution in [-0.2, 0) is 18.4 Å². The molecule has 0 aliphatic carbocycles. The van der Waals surface area contributed by atoms with Gasteiger partial charge in [0.05, 0.1) is 13.2 Å². The summed E-state index contributed by atoms with van der Waals surface area (Å²) >= 11 is 0. The molecule has 0 saturated carbocycles. The molecule has 0 bridgehead atoms. The van der Waals surface area contributed by atoms with E-state index in [1.807, 2.05) is 0 Å². The zero-order chi connectivity index (χ0) is 11.7. The Morgan fingerprint density at radius 3 is 2.07 bits per heavy atom. The summed E-state index contributed by atoms with van der Waals surface area (Å²) in [5.74, 6) is 0. The number of carbonyl (C=O) groups excluding carboxylic acids is 1. The van der Waals surface area contributed by atoms with Crippen LogP contribution < -0.4 is 0 Å². The summed E-state index contributed by atoms with van der Waals surface area (Å²) in [6.07, 6.45) is 5.43. The van der Waals surface area contributed by atoms with E-state index >= 15 is 0 Å². The van der Waals surface area contributed by atoms with Gasteiger partial charge in [-0.2, -0.15) is 0 Å². The maximum atomic E-state index is 11.9. The minimum Gasteiger partial charge on any atom is -0.299 e. The number of allylic oxidation sites excluding steroid dienone is 2. The highest BCUT2D eigenvalue weighted by Gasteiger charge is 2.31. The van der Waals surface area contributed by atoms with Crippen LogP contribution in [0, 0.1) is 0 Å². The topological polar surface area (TPSA) is 52.6 Å². The molecule has 0 unspecified atom stereocenters. The van der Waals surface area contributed by atoms with Gasteiger partial charge >= 0.3 is 7.60 Å². The largest absolute Gasteiger partial charge is 0.401 e. The molecule has 0 aromatic heterocycles. The molecule has 0 amide bonds. The average Bonchev–Trinajstić information content (AvgIpc) is 2.24. The lowest BCUT2D eigenvalue weighted by Gasteiger charge is -2.13. The van der Waals surface area contributed by atoms with Gasteiger partial charge in [0.2, 0.25) is 0 Å². The van der Waals surface area contributed by atoms with E-state index in [1.54, 1.807) is 6.92 Å². The maximum absolute atomic E-state index is 11.9. The molecule has 0 aliphatic rings. The third kappa shape index (κ3) is 4.88. The lowest BCUT2D eigenvalue weighted by Crippen LogP contribution is -2.04. The van der Waals surface area contributed by atoms with Crippen molar-refractivity contribution in [2.45, 2.75) is 6.92 Å². The molecule has 0 rings (SSSR count). The second kappa shape index (κ2) is 7.35. The third-order valence-electron chi connectivity index (χ3n) is 1.30. The fraction of sp³-hybridized carbons (Fsp3) is 0.300. The molecule has 0 N–H and O–H groups in total. The summed E-state index contributed by atoms with van der Waals surface area (Å²) in [7, 11) is -3.73. The van der Waals surface area contributed by atoms with Crippen molar-refractivity contribution in [3.8, 4) is 0 Å². The van der Waals surface area contributed by atoms with Gasteiger partial charge in [0.1, 0.15) is 0 Å². The zero-order valence-corrected chi connectivity index (χ0v) is 9.61. The average molecular weight is 230 g/mol. The molecule has 0 atom stereocenters. The quantitative estimate of drug-likeness (QED) is 0.365. The van der Waals surface area contributed by atoms with Crippen LogP contribution in [0.25, 0.3) is 0 Å². The molecule has 5 heteroatoms. The van der Waals surface area contributed by atoms with E-state index in [2.05, 4.69) is 13.2 Å². The van der Waals surface area contributed by atoms with Gasteiger partial charge in [0.15, 0.2) is 0 Å². The molecule has 0 aromatic carbocycles. The van der Waals surface area contributed by atoms with Crippen LogP contribution in [-0.4, -0.2) is 18.7 Å². The molecule has 0 radical (unpaired) electrons. The van der Waals surface area contributed by atoms with Crippen molar-refractivity contribution in [1.82, 2.24) is 0 Å². The Hall–Kier alpha value is -0.960. The predicted octanol–water partition coefficient (Wildman–Crippen LogP) is 2.69. The van der Waals surface area contributed by atoms with Crippen molar-refractivity contribution in [2.75, 3.05) is 13.2 Å². The molecular formula is C10H15O4P. The molecule has 0 fully saturated rings. The maximum Gasteiger partial charge on any atom is 0.401 e. The van der Waals surface area contributed by atoms with Crippen LogP contribution in [0.2, 0.25) is 0 Å². The van der Waals surface area contributed by atoms with Gasteiger partial charge in [-0.3, -0.25) is 18.4 Å². The SMILES string of the molecule is C=CCOP(=O)(OCC=C)C(=O)/C=C/C. The predicted molar refractivity (Wildman–Crippen MR) is 59.7 cm³/mol. The third-order valence-corrected chi connectivity index (χ3v) is 2.97. The van der Waals surface area contributed by atoms with E-state index in [4.69, 9.17) is 9.05 Å². The van der Waals surface area contributed by atoms with E-state index in [1.165, 1.54) is 18.2 Å². The monoisotopic (exact) mass is 230 g/mol. The minimum absolute atomic E-state index is 0.00227. The summed E-state index contributed by atoms with van der Waals surface area (Å²) in [5, 5.41) is 0. The highest BCUT2D eigenvalue weighted by Crippen LogP contribution is 2.49. The van der Waals surface area contributed by atoms with Crippen molar-refractivity contribution < 1.29 is 18.4 Å². The molecule has 0 spiro atoms. The summed E-state index contributed by atoms with van der Waals surface area (Å²) in [5.41, 5.74) is -0.673. The molecule has 0 aromatic rings. The molecule has 4 nitrogen and oxygen atoms in total. The molecule has 0 saturated heterocycles. The number of hydrogen-bond donors (Lipinski definition) is 0. The number of hydrogen-bond acceptors (Lipinski definition) is 4. The van der Waals surface area contributed by atoms with Crippen LogP contribution in [0.5, 0.6) is 0 Å². The van der Waals surface area contributed by atoms with E-state index in [-0.39, 0.29) is 13.2 Å². The van der Waals surface area contributed by atoms with Gasteiger partial charge in [0.25, 0.3) is 5.52 Å². The van der Waals surface area contributed by atoms with Crippen molar-refractivity contribution in [2.24, 2.45) is 0 Å². The Kier molecular flexibility index (Phi) is 6.88. The first-order valence-electron chi connectivity index (χ1n) is 4.39. The Balaban J connectivity index is 4.66. The summed E-state index contributed by atoms with van der Waals surface area (Å²) in [6.45, 7) is 8.43. The Morgan fingerprint density at radius 1 is 1.27 bits per heavy atom. The van der Waals surface area contributed by atoms with Crippen LogP contribution >= 0.6 is 7.60 Å². The summed E-state index contributed by atoms with van der Waals surface area (Å²) in [4.78, 5) is 11.4. The fourth-order valence-electron chi connectivity index (χ4n) is 0.700. The summed E-state index contributed by atoms with van der Waals surface area (Å²) in [6, 6.07) is 0. The Bertz CT molecular complexity index is 291. The number of rotatable bonds is 8. The van der Waals surface area contributed by atoms with Crippen LogP contribution in [0.4, 0.5) is 0 Å². The Morgan fingerprint density at radius 2 is 1.73 bits per heavy atom. The molecule has 0 aliphatic heterocycles. The number of carbonyl (C=O) groups is 1. The van der Waals surface area contributed by atoms with Crippen LogP contribution in [0.1, 0.15) is 6.92 Å². The van der Waals surface area contributed by atoms with E-state index in [0.717, 1.165) is 6.08 Å². The van der Waals surface area contributed by atoms with Crippen molar-refractivity contribution in [3.05, 3.63) is 37.5 Å². The van der Waals surface area contributed by atoms with Crippen molar-refractivity contribution in [1.29, 1.82) is 0 Å². The summed E-state index contributed by atoms with van der Waals surface area (Å²) < 4.78 is 21.6. The lowest BCUT2D eigenvalue weighted by molar-refractivity contribution is -0.109. The second-order valence-electron chi connectivity index (χ2n) is 2.50. The van der Waals surface area contributed by atoms with Gasteiger partial charge in [-0.1, -0.05) is 18.2 Å². The molecule has 84 valence electrons. The first-order valence-corrected chi connectivity index (χ1v) is 5.93. The van der Waals surface area contributed by atoms with E-state index < -0.39 is 13.1 Å². The molecular weight excluding hydrogens is 215 g/mol. The van der Waals surface area contributed by atoms with Gasteiger partial charge in [-0.25, -0.2) is 0 Å². The zero-order valence-electron chi connectivity index (χ0n) is 8.72. The molecule has 15 heavy (non-hydrogen) atoms. The van der Waals surface area contributed by atoms with Gasteiger partial charge in [-0.05, 0) is 13.0 Å².